The monoisotopic (exact) mass is 282 g/mol. The number of benzene rings is 1. The summed E-state index contributed by atoms with van der Waals surface area (Å²) in [5.41, 5.74) is 8.89. The first kappa shape index (κ1) is 12.9. The predicted octanol–water partition coefficient (Wildman–Crippen LogP) is 3.73. The summed E-state index contributed by atoms with van der Waals surface area (Å²) in [5.74, 6) is 0.484. The van der Waals surface area contributed by atoms with Gasteiger partial charge in [-0.05, 0) is 43.1 Å². The number of aryl methyl sites for hydroxylation is 2. The number of hydrogen-bond donors (Lipinski definition) is 2. The van der Waals surface area contributed by atoms with Gasteiger partial charge in [-0.2, -0.15) is 4.98 Å². The van der Waals surface area contributed by atoms with Crippen LogP contribution in [0.4, 0.5) is 17.2 Å². The summed E-state index contributed by atoms with van der Waals surface area (Å²) in [6.45, 7) is 3.74. The van der Waals surface area contributed by atoms with Gasteiger partial charge in [0.1, 0.15) is 0 Å². The molecule has 1 heterocycles. The van der Waals surface area contributed by atoms with Crippen LogP contribution in [-0.4, -0.2) is 9.97 Å². The number of aromatic nitrogens is 2. The quantitative estimate of drug-likeness (QED) is 0.824. The standard InChI is InChI=1S/C12H12Cl2N4/c1-6-3-4-8(13)5-9(6)17-11-10(15)7(2)16-12(14)18-11/h3-5H,15H2,1-2H3,(H,16,17,18). The first-order valence-electron chi connectivity index (χ1n) is 5.30. The van der Waals surface area contributed by atoms with E-state index in [0.29, 0.717) is 22.2 Å². The van der Waals surface area contributed by atoms with Gasteiger partial charge in [0.25, 0.3) is 0 Å². The fourth-order valence-electron chi connectivity index (χ4n) is 1.50. The molecule has 0 unspecified atom stereocenters. The predicted molar refractivity (Wildman–Crippen MR) is 75.7 cm³/mol. The molecule has 94 valence electrons. The second kappa shape index (κ2) is 5.00. The molecule has 0 saturated heterocycles. The van der Waals surface area contributed by atoms with Crippen molar-refractivity contribution in [3.8, 4) is 0 Å². The van der Waals surface area contributed by atoms with E-state index in [9.17, 15) is 0 Å². The van der Waals surface area contributed by atoms with E-state index in [4.69, 9.17) is 28.9 Å². The molecule has 1 aromatic carbocycles. The van der Waals surface area contributed by atoms with Gasteiger partial charge in [0, 0.05) is 10.7 Å². The molecule has 0 atom stereocenters. The first-order valence-corrected chi connectivity index (χ1v) is 6.06. The molecule has 1 aromatic heterocycles. The SMILES string of the molecule is Cc1ccc(Cl)cc1Nc1nc(Cl)nc(C)c1N. The Morgan fingerprint density at radius 2 is 1.89 bits per heavy atom. The molecule has 2 aromatic rings. The third-order valence-corrected chi connectivity index (χ3v) is 2.97. The highest BCUT2D eigenvalue weighted by Gasteiger charge is 2.09. The number of nitrogens with one attached hydrogen (secondary N) is 1. The smallest absolute Gasteiger partial charge is 0.224 e. The lowest BCUT2D eigenvalue weighted by atomic mass is 10.2. The van der Waals surface area contributed by atoms with E-state index >= 15 is 0 Å². The van der Waals surface area contributed by atoms with Crippen molar-refractivity contribution in [1.82, 2.24) is 9.97 Å². The summed E-state index contributed by atoms with van der Waals surface area (Å²) >= 11 is 11.8. The summed E-state index contributed by atoms with van der Waals surface area (Å²) in [6.07, 6.45) is 0. The van der Waals surface area contributed by atoms with E-state index in [2.05, 4.69) is 15.3 Å². The zero-order chi connectivity index (χ0) is 13.3. The van der Waals surface area contributed by atoms with Gasteiger partial charge in [-0.1, -0.05) is 17.7 Å². The largest absolute Gasteiger partial charge is 0.394 e. The fourth-order valence-corrected chi connectivity index (χ4v) is 1.88. The zero-order valence-corrected chi connectivity index (χ0v) is 11.5. The van der Waals surface area contributed by atoms with Crippen molar-refractivity contribution in [3.63, 3.8) is 0 Å². The molecule has 0 spiro atoms. The minimum atomic E-state index is 0.156. The van der Waals surface area contributed by atoms with Crippen LogP contribution in [0.15, 0.2) is 18.2 Å². The third-order valence-electron chi connectivity index (χ3n) is 2.56. The van der Waals surface area contributed by atoms with E-state index in [1.807, 2.05) is 25.1 Å². The normalized spacial score (nSPS) is 10.4. The Morgan fingerprint density at radius 1 is 1.17 bits per heavy atom. The van der Waals surface area contributed by atoms with Crippen LogP contribution in [0.3, 0.4) is 0 Å². The molecule has 0 radical (unpaired) electrons. The Kier molecular flexibility index (Phi) is 3.59. The number of anilines is 3. The first-order chi connectivity index (χ1) is 8.47. The van der Waals surface area contributed by atoms with Crippen molar-refractivity contribution in [2.45, 2.75) is 13.8 Å². The van der Waals surface area contributed by atoms with Crippen LogP contribution in [0.2, 0.25) is 10.3 Å². The van der Waals surface area contributed by atoms with Crippen molar-refractivity contribution < 1.29 is 0 Å². The maximum absolute atomic E-state index is 5.96. The molecule has 2 rings (SSSR count). The van der Waals surface area contributed by atoms with Crippen LogP contribution in [0.5, 0.6) is 0 Å². The number of hydrogen-bond acceptors (Lipinski definition) is 4. The van der Waals surface area contributed by atoms with Gasteiger partial charge in [-0.15, -0.1) is 0 Å². The highest BCUT2D eigenvalue weighted by molar-refractivity contribution is 6.31. The summed E-state index contributed by atoms with van der Waals surface area (Å²) < 4.78 is 0. The Morgan fingerprint density at radius 3 is 2.61 bits per heavy atom. The summed E-state index contributed by atoms with van der Waals surface area (Å²) in [5, 5.41) is 3.91. The second-order valence-corrected chi connectivity index (χ2v) is 4.70. The Hall–Kier alpha value is -1.52. The Labute approximate surface area is 115 Å². The lowest BCUT2D eigenvalue weighted by molar-refractivity contribution is 1.11. The molecule has 0 aliphatic rings. The van der Waals surface area contributed by atoms with E-state index < -0.39 is 0 Å². The minimum Gasteiger partial charge on any atom is -0.394 e. The van der Waals surface area contributed by atoms with Gasteiger partial charge >= 0.3 is 0 Å². The number of nitrogens with two attached hydrogens (primary N) is 1. The van der Waals surface area contributed by atoms with Gasteiger partial charge in [0.15, 0.2) is 5.82 Å². The maximum atomic E-state index is 5.96. The Balaban J connectivity index is 2.43. The maximum Gasteiger partial charge on any atom is 0.224 e. The summed E-state index contributed by atoms with van der Waals surface area (Å²) in [4.78, 5) is 8.05. The third kappa shape index (κ3) is 2.66. The summed E-state index contributed by atoms with van der Waals surface area (Å²) in [6, 6.07) is 5.54. The average Bonchev–Trinajstić information content (AvgIpc) is 2.30. The van der Waals surface area contributed by atoms with Crippen molar-refractivity contribution in [1.29, 1.82) is 0 Å². The van der Waals surface area contributed by atoms with Crippen LogP contribution in [0.25, 0.3) is 0 Å². The fraction of sp³-hybridized carbons (Fsp3) is 0.167. The van der Waals surface area contributed by atoms with E-state index in [1.165, 1.54) is 0 Å². The van der Waals surface area contributed by atoms with Gasteiger partial charge in [0.2, 0.25) is 5.28 Å². The van der Waals surface area contributed by atoms with E-state index in [1.54, 1.807) is 6.92 Å². The number of rotatable bonds is 2. The Bertz CT molecular complexity index is 599. The molecule has 3 N–H and O–H groups in total. The van der Waals surface area contributed by atoms with Crippen molar-refractivity contribution in [2.24, 2.45) is 0 Å². The molecule has 0 fully saturated rings. The lowest BCUT2D eigenvalue weighted by Gasteiger charge is -2.12. The number of halogens is 2. The van der Waals surface area contributed by atoms with Crippen molar-refractivity contribution >= 4 is 40.4 Å². The molecule has 6 heteroatoms. The van der Waals surface area contributed by atoms with Gasteiger partial charge in [-0.25, -0.2) is 4.98 Å². The second-order valence-electron chi connectivity index (χ2n) is 3.92. The molecule has 0 aliphatic heterocycles. The molecule has 0 saturated carbocycles. The topological polar surface area (TPSA) is 63.8 Å². The molecule has 18 heavy (non-hydrogen) atoms. The molecular weight excluding hydrogens is 271 g/mol. The van der Waals surface area contributed by atoms with Crippen molar-refractivity contribution in [3.05, 3.63) is 39.8 Å². The van der Waals surface area contributed by atoms with Crippen LogP contribution in [-0.2, 0) is 0 Å². The van der Waals surface area contributed by atoms with Gasteiger partial charge < -0.3 is 11.1 Å². The highest BCUT2D eigenvalue weighted by Crippen LogP contribution is 2.27. The van der Waals surface area contributed by atoms with Crippen LogP contribution >= 0.6 is 23.2 Å². The number of nitrogen functional groups attached to an aromatic ring is 1. The van der Waals surface area contributed by atoms with Gasteiger partial charge in [-0.3, -0.25) is 0 Å². The summed E-state index contributed by atoms with van der Waals surface area (Å²) in [7, 11) is 0. The molecule has 4 nitrogen and oxygen atoms in total. The van der Waals surface area contributed by atoms with Crippen LogP contribution in [0.1, 0.15) is 11.3 Å². The molecule has 0 aliphatic carbocycles. The number of nitrogens with zero attached hydrogens (tertiary/aromatic N) is 2. The van der Waals surface area contributed by atoms with Gasteiger partial charge in [0.05, 0.1) is 11.4 Å². The van der Waals surface area contributed by atoms with Crippen LogP contribution < -0.4 is 11.1 Å². The molecule has 0 amide bonds. The molecular formula is C12H12Cl2N4. The van der Waals surface area contributed by atoms with E-state index in [0.717, 1.165) is 11.3 Å². The molecule has 0 bridgehead atoms. The zero-order valence-electron chi connectivity index (χ0n) is 9.96. The minimum absolute atomic E-state index is 0.156. The van der Waals surface area contributed by atoms with E-state index in [-0.39, 0.29) is 5.28 Å². The van der Waals surface area contributed by atoms with Crippen LogP contribution in [0, 0.1) is 13.8 Å². The average molecular weight is 283 g/mol. The lowest BCUT2D eigenvalue weighted by Crippen LogP contribution is -2.04. The van der Waals surface area contributed by atoms with Crippen molar-refractivity contribution in [2.75, 3.05) is 11.1 Å². The highest BCUT2D eigenvalue weighted by atomic mass is 35.5.